The average Bonchev–Trinajstić information content (AvgIpc) is 3.42. The minimum absolute atomic E-state index is 0.203. The molecule has 0 aliphatic carbocycles. The molecule has 0 aliphatic rings. The summed E-state index contributed by atoms with van der Waals surface area (Å²) in [6.07, 6.45) is 1.64. The van der Waals surface area contributed by atoms with Crippen molar-refractivity contribution in [3.8, 4) is 5.69 Å². The smallest absolute Gasteiger partial charge is 0.250 e. The molecule has 1 amide bonds. The van der Waals surface area contributed by atoms with Crippen molar-refractivity contribution in [1.29, 1.82) is 0 Å². The number of carbonyl (C=O) groups excluding carboxylic acids is 1. The first-order chi connectivity index (χ1) is 16.5. The van der Waals surface area contributed by atoms with Crippen LogP contribution in [0.15, 0.2) is 68.4 Å². The number of benzene rings is 2. The van der Waals surface area contributed by atoms with E-state index in [1.807, 2.05) is 73.1 Å². The van der Waals surface area contributed by atoms with E-state index in [-0.39, 0.29) is 11.7 Å². The summed E-state index contributed by atoms with van der Waals surface area (Å²) in [6, 6.07) is 17.6. The van der Waals surface area contributed by atoms with Crippen LogP contribution in [-0.2, 0) is 10.5 Å². The van der Waals surface area contributed by atoms with E-state index >= 15 is 0 Å². The fourth-order valence-electron chi connectivity index (χ4n) is 3.03. The zero-order valence-electron chi connectivity index (χ0n) is 18.4. The van der Waals surface area contributed by atoms with Gasteiger partial charge in [-0.1, -0.05) is 76.8 Å². The van der Waals surface area contributed by atoms with E-state index in [4.69, 9.17) is 11.6 Å². The van der Waals surface area contributed by atoms with Gasteiger partial charge in [-0.25, -0.2) is 10.1 Å². The highest BCUT2D eigenvalue weighted by Gasteiger charge is 2.12. The van der Waals surface area contributed by atoms with Crippen molar-refractivity contribution in [2.45, 2.75) is 28.3 Å². The van der Waals surface area contributed by atoms with Crippen LogP contribution in [0.5, 0.6) is 0 Å². The van der Waals surface area contributed by atoms with Crippen LogP contribution >= 0.6 is 46.5 Å². The summed E-state index contributed by atoms with van der Waals surface area (Å²) in [5, 5.41) is 17.8. The molecule has 0 saturated heterocycles. The summed E-state index contributed by atoms with van der Waals surface area (Å²) in [6.45, 7) is 3.90. The number of nitrogens with zero attached hydrogens (tertiary/aromatic N) is 5. The number of nitrogens with one attached hydrogen (secondary N) is 1. The molecular weight excluding hydrogens is 508 g/mol. The number of aromatic nitrogens is 4. The van der Waals surface area contributed by atoms with Crippen LogP contribution in [0.4, 0.5) is 0 Å². The maximum atomic E-state index is 12.2. The second-order valence-corrected chi connectivity index (χ2v) is 11.0. The molecule has 2 aromatic carbocycles. The number of hydrogen-bond donors (Lipinski definition) is 1. The summed E-state index contributed by atoms with van der Waals surface area (Å²) in [5.74, 6) is 0.776. The Morgan fingerprint density at radius 3 is 2.53 bits per heavy atom. The van der Waals surface area contributed by atoms with E-state index in [0.29, 0.717) is 0 Å². The van der Waals surface area contributed by atoms with Gasteiger partial charge in [-0.2, -0.15) is 10.2 Å². The van der Waals surface area contributed by atoms with Gasteiger partial charge in [0.1, 0.15) is 0 Å². The van der Waals surface area contributed by atoms with Crippen LogP contribution in [0.2, 0.25) is 5.02 Å². The SMILES string of the molecule is Cc1nn(-c2ccccc2)c(C)c1/C=N\NC(=O)CSc1nnc(SCc2ccc(Cl)cc2)s1. The monoisotopic (exact) mass is 528 g/mol. The first-order valence-corrected chi connectivity index (χ1v) is 13.4. The predicted octanol–water partition coefficient (Wildman–Crippen LogP) is 5.53. The molecule has 4 aromatic rings. The standard InChI is InChI=1S/C23H21ClN6OS3/c1-15-20(16(2)30(29-15)19-6-4-3-5-7-19)12-25-26-21(31)14-33-23-28-27-22(34-23)32-13-17-8-10-18(24)11-9-17/h3-12H,13-14H2,1-2H3,(H,26,31)/b25-12-. The summed E-state index contributed by atoms with van der Waals surface area (Å²) in [4.78, 5) is 12.2. The van der Waals surface area contributed by atoms with Gasteiger partial charge in [0.2, 0.25) is 0 Å². The maximum absolute atomic E-state index is 12.2. The molecule has 34 heavy (non-hydrogen) atoms. The van der Waals surface area contributed by atoms with Crippen LogP contribution in [0.3, 0.4) is 0 Å². The lowest BCUT2D eigenvalue weighted by Crippen LogP contribution is -2.19. The molecule has 0 spiro atoms. The highest BCUT2D eigenvalue weighted by Crippen LogP contribution is 2.30. The molecule has 0 unspecified atom stereocenters. The van der Waals surface area contributed by atoms with Crippen LogP contribution in [0.1, 0.15) is 22.5 Å². The fraction of sp³-hybridized carbons (Fsp3) is 0.174. The molecule has 174 valence electrons. The van der Waals surface area contributed by atoms with Gasteiger partial charge < -0.3 is 0 Å². The first kappa shape index (κ1) is 24.5. The van der Waals surface area contributed by atoms with Crippen molar-refractivity contribution in [3.05, 3.63) is 82.1 Å². The quantitative estimate of drug-likeness (QED) is 0.175. The molecule has 0 atom stereocenters. The second kappa shape index (κ2) is 11.7. The number of aryl methyl sites for hydroxylation is 1. The predicted molar refractivity (Wildman–Crippen MR) is 140 cm³/mol. The van der Waals surface area contributed by atoms with Crippen molar-refractivity contribution in [2.75, 3.05) is 5.75 Å². The molecule has 2 aromatic heterocycles. The molecule has 0 radical (unpaired) electrons. The molecule has 0 aliphatic heterocycles. The van der Waals surface area contributed by atoms with Crippen LogP contribution in [0, 0.1) is 13.8 Å². The fourth-order valence-corrected chi connectivity index (χ4v) is 5.92. The largest absolute Gasteiger partial charge is 0.272 e. The molecule has 11 heteroatoms. The third-order valence-corrected chi connectivity index (χ3v) is 8.23. The third kappa shape index (κ3) is 6.47. The topological polar surface area (TPSA) is 85.1 Å². The highest BCUT2D eigenvalue weighted by atomic mass is 35.5. The minimum atomic E-state index is -0.211. The van der Waals surface area contributed by atoms with E-state index in [0.717, 1.165) is 47.7 Å². The lowest BCUT2D eigenvalue weighted by molar-refractivity contribution is -0.118. The van der Waals surface area contributed by atoms with Gasteiger partial charge in [0.15, 0.2) is 8.68 Å². The summed E-state index contributed by atoms with van der Waals surface area (Å²) in [7, 11) is 0. The number of thioether (sulfide) groups is 2. The number of amides is 1. The Labute approximate surface area is 215 Å². The molecular formula is C23H21ClN6OS3. The Bertz CT molecular complexity index is 1290. The normalized spacial score (nSPS) is 11.3. The Kier molecular flexibility index (Phi) is 8.39. The van der Waals surface area contributed by atoms with Crippen molar-refractivity contribution in [1.82, 2.24) is 25.4 Å². The zero-order valence-corrected chi connectivity index (χ0v) is 21.6. The van der Waals surface area contributed by atoms with Crippen molar-refractivity contribution < 1.29 is 4.79 Å². The Morgan fingerprint density at radius 1 is 1.09 bits per heavy atom. The number of hydrogen-bond acceptors (Lipinski definition) is 8. The number of rotatable bonds is 9. The summed E-state index contributed by atoms with van der Waals surface area (Å²) < 4.78 is 3.47. The summed E-state index contributed by atoms with van der Waals surface area (Å²) >= 11 is 10.3. The van der Waals surface area contributed by atoms with Gasteiger partial charge in [-0.15, -0.1) is 10.2 Å². The van der Waals surface area contributed by atoms with Gasteiger partial charge in [0, 0.05) is 16.3 Å². The van der Waals surface area contributed by atoms with Crippen molar-refractivity contribution in [3.63, 3.8) is 0 Å². The van der Waals surface area contributed by atoms with Gasteiger partial charge in [-0.3, -0.25) is 4.79 Å². The Balaban J connectivity index is 1.26. The van der Waals surface area contributed by atoms with E-state index in [1.165, 1.54) is 23.1 Å². The molecule has 1 N–H and O–H groups in total. The molecule has 0 saturated carbocycles. The summed E-state index contributed by atoms with van der Waals surface area (Å²) in [5.41, 5.74) is 7.39. The van der Waals surface area contributed by atoms with Crippen molar-refractivity contribution >= 4 is 58.6 Å². The first-order valence-electron chi connectivity index (χ1n) is 10.3. The van der Waals surface area contributed by atoms with Gasteiger partial charge in [0.25, 0.3) is 5.91 Å². The number of halogens is 1. The zero-order chi connectivity index (χ0) is 23.9. The third-order valence-electron chi connectivity index (χ3n) is 4.72. The second-order valence-electron chi connectivity index (χ2n) is 7.16. The van der Waals surface area contributed by atoms with Crippen LogP contribution < -0.4 is 5.43 Å². The van der Waals surface area contributed by atoms with E-state index < -0.39 is 0 Å². The van der Waals surface area contributed by atoms with Gasteiger partial charge in [0.05, 0.1) is 29.0 Å². The van der Waals surface area contributed by atoms with E-state index in [9.17, 15) is 4.79 Å². The van der Waals surface area contributed by atoms with Crippen molar-refractivity contribution in [2.24, 2.45) is 5.10 Å². The molecule has 7 nitrogen and oxygen atoms in total. The van der Waals surface area contributed by atoms with Crippen LogP contribution in [-0.4, -0.2) is 37.9 Å². The average molecular weight is 529 g/mol. The molecule has 4 rings (SSSR count). The lowest BCUT2D eigenvalue weighted by Gasteiger charge is -2.03. The maximum Gasteiger partial charge on any atom is 0.250 e. The number of para-hydroxylation sites is 1. The molecule has 2 heterocycles. The Morgan fingerprint density at radius 2 is 1.79 bits per heavy atom. The van der Waals surface area contributed by atoms with Crippen LogP contribution in [0.25, 0.3) is 5.69 Å². The molecule has 0 fully saturated rings. The van der Waals surface area contributed by atoms with E-state index in [2.05, 4.69) is 25.8 Å². The van der Waals surface area contributed by atoms with E-state index in [1.54, 1.807) is 18.0 Å². The minimum Gasteiger partial charge on any atom is -0.272 e. The highest BCUT2D eigenvalue weighted by molar-refractivity contribution is 8.03. The lowest BCUT2D eigenvalue weighted by atomic mass is 10.2. The molecule has 0 bridgehead atoms. The number of hydrazone groups is 1. The Hall–Kier alpha value is -2.66. The van der Waals surface area contributed by atoms with Gasteiger partial charge >= 0.3 is 0 Å². The van der Waals surface area contributed by atoms with Gasteiger partial charge in [-0.05, 0) is 43.7 Å². The number of carbonyl (C=O) groups is 1.